The molecule has 0 bridgehead atoms. The number of rotatable bonds is 8. The number of nitrogens with one attached hydrogen (secondary N) is 1. The second-order valence-electron chi connectivity index (χ2n) is 4.74. The van der Waals surface area contributed by atoms with Crippen molar-refractivity contribution in [2.45, 2.75) is 52.7 Å². The Morgan fingerprint density at radius 1 is 1.37 bits per heavy atom. The summed E-state index contributed by atoms with van der Waals surface area (Å²) in [6, 6.07) is 0.266. The van der Waals surface area contributed by atoms with Crippen LogP contribution in [0.3, 0.4) is 0 Å². The van der Waals surface area contributed by atoms with E-state index in [-0.39, 0.29) is 12.1 Å². The largest absolute Gasteiger partial charge is 0.377 e. The smallest absolute Gasteiger partial charge is 0.0847 e. The summed E-state index contributed by atoms with van der Waals surface area (Å²) in [5.41, 5.74) is 1.96. The van der Waals surface area contributed by atoms with Crippen molar-refractivity contribution >= 4 is 11.6 Å². The standard InChI is InChI=1S/C14H26ClN3O/c1-6-13(19-8-3)11(16-7-2)9-12-14(15)10(4)17-18(12)5/h11,13,16H,6-9H2,1-5H3. The zero-order valence-electron chi connectivity index (χ0n) is 12.7. The van der Waals surface area contributed by atoms with Crippen LogP contribution in [0.4, 0.5) is 0 Å². The molecular weight excluding hydrogens is 262 g/mol. The second kappa shape index (κ2) is 7.88. The molecule has 2 unspecified atom stereocenters. The Kier molecular flexibility index (Phi) is 6.83. The molecular formula is C14H26ClN3O. The molecule has 0 aromatic carbocycles. The van der Waals surface area contributed by atoms with Gasteiger partial charge in [-0.05, 0) is 26.8 Å². The highest BCUT2D eigenvalue weighted by Crippen LogP contribution is 2.22. The number of halogens is 1. The molecule has 0 spiro atoms. The van der Waals surface area contributed by atoms with Gasteiger partial charge in [0.2, 0.25) is 0 Å². The fourth-order valence-corrected chi connectivity index (χ4v) is 2.68. The topological polar surface area (TPSA) is 39.1 Å². The van der Waals surface area contributed by atoms with E-state index in [1.807, 2.05) is 25.6 Å². The van der Waals surface area contributed by atoms with Crippen molar-refractivity contribution in [2.24, 2.45) is 7.05 Å². The van der Waals surface area contributed by atoms with Gasteiger partial charge in [-0.2, -0.15) is 5.10 Å². The maximum Gasteiger partial charge on any atom is 0.0847 e. The van der Waals surface area contributed by atoms with Crippen molar-refractivity contribution in [1.82, 2.24) is 15.1 Å². The Labute approximate surface area is 121 Å². The number of aromatic nitrogens is 2. The highest BCUT2D eigenvalue weighted by molar-refractivity contribution is 6.31. The minimum atomic E-state index is 0.205. The number of nitrogens with zero attached hydrogens (tertiary/aromatic N) is 2. The van der Waals surface area contributed by atoms with Crippen molar-refractivity contribution < 1.29 is 4.74 Å². The fraction of sp³-hybridized carbons (Fsp3) is 0.786. The Balaban J connectivity index is 2.88. The lowest BCUT2D eigenvalue weighted by molar-refractivity contribution is 0.0319. The Morgan fingerprint density at radius 3 is 2.47 bits per heavy atom. The molecule has 1 N–H and O–H groups in total. The predicted molar refractivity (Wildman–Crippen MR) is 79.8 cm³/mol. The van der Waals surface area contributed by atoms with Crippen LogP contribution in [0.1, 0.15) is 38.6 Å². The molecule has 0 amide bonds. The van der Waals surface area contributed by atoms with Crippen molar-refractivity contribution in [1.29, 1.82) is 0 Å². The molecule has 0 aliphatic rings. The molecule has 4 nitrogen and oxygen atoms in total. The van der Waals surface area contributed by atoms with Crippen LogP contribution >= 0.6 is 11.6 Å². The van der Waals surface area contributed by atoms with E-state index in [1.165, 1.54) is 0 Å². The van der Waals surface area contributed by atoms with Crippen LogP contribution in [0.2, 0.25) is 5.02 Å². The molecule has 0 radical (unpaired) electrons. The normalized spacial score (nSPS) is 14.6. The van der Waals surface area contributed by atoms with E-state index in [9.17, 15) is 0 Å². The van der Waals surface area contributed by atoms with Crippen LogP contribution in [0.15, 0.2) is 0 Å². The van der Waals surface area contributed by atoms with Gasteiger partial charge in [-0.15, -0.1) is 0 Å². The minimum Gasteiger partial charge on any atom is -0.377 e. The van der Waals surface area contributed by atoms with Gasteiger partial charge in [0, 0.05) is 26.1 Å². The number of likely N-dealkylation sites (N-methyl/N-ethyl adjacent to an activating group) is 1. The van der Waals surface area contributed by atoms with Gasteiger partial charge in [0.1, 0.15) is 0 Å². The van der Waals surface area contributed by atoms with Crippen molar-refractivity contribution in [3.05, 3.63) is 16.4 Å². The van der Waals surface area contributed by atoms with E-state index in [0.717, 1.165) is 42.4 Å². The highest BCUT2D eigenvalue weighted by atomic mass is 35.5. The molecule has 0 saturated carbocycles. The van der Waals surface area contributed by atoms with Crippen LogP contribution in [-0.4, -0.2) is 35.1 Å². The van der Waals surface area contributed by atoms with E-state index >= 15 is 0 Å². The molecule has 0 fully saturated rings. The molecule has 2 atom stereocenters. The molecule has 110 valence electrons. The number of aryl methyl sites for hydroxylation is 2. The predicted octanol–water partition coefficient (Wildman–Crippen LogP) is 2.72. The fourth-order valence-electron chi connectivity index (χ4n) is 2.44. The zero-order valence-corrected chi connectivity index (χ0v) is 13.4. The van der Waals surface area contributed by atoms with Gasteiger partial charge in [0.15, 0.2) is 0 Å². The first-order chi connectivity index (χ1) is 9.04. The quantitative estimate of drug-likeness (QED) is 0.799. The molecule has 0 aliphatic heterocycles. The van der Waals surface area contributed by atoms with E-state index in [1.54, 1.807) is 0 Å². The van der Waals surface area contributed by atoms with Gasteiger partial charge in [-0.1, -0.05) is 25.4 Å². The summed E-state index contributed by atoms with van der Waals surface area (Å²) in [4.78, 5) is 0. The summed E-state index contributed by atoms with van der Waals surface area (Å²) in [6.07, 6.45) is 2.03. The number of hydrogen-bond donors (Lipinski definition) is 1. The SMILES string of the molecule is CCNC(Cc1c(Cl)c(C)nn1C)C(CC)OCC. The van der Waals surface area contributed by atoms with Gasteiger partial charge in [0.25, 0.3) is 0 Å². The Bertz CT molecular complexity index is 392. The Hall–Kier alpha value is -0.580. The van der Waals surface area contributed by atoms with Crippen LogP contribution < -0.4 is 5.32 Å². The molecule has 0 saturated heterocycles. The summed E-state index contributed by atoms with van der Waals surface area (Å²) in [5, 5.41) is 8.65. The van der Waals surface area contributed by atoms with Crippen molar-refractivity contribution in [3.8, 4) is 0 Å². The van der Waals surface area contributed by atoms with E-state index in [4.69, 9.17) is 16.3 Å². The molecule has 1 rings (SSSR count). The van der Waals surface area contributed by atoms with Crippen LogP contribution in [-0.2, 0) is 18.2 Å². The summed E-state index contributed by atoms with van der Waals surface area (Å²) in [6.45, 7) is 9.89. The number of hydrogen-bond acceptors (Lipinski definition) is 3. The van der Waals surface area contributed by atoms with E-state index in [0.29, 0.717) is 0 Å². The van der Waals surface area contributed by atoms with Gasteiger partial charge in [-0.25, -0.2) is 0 Å². The summed E-state index contributed by atoms with van der Waals surface area (Å²) < 4.78 is 7.71. The van der Waals surface area contributed by atoms with Gasteiger partial charge in [-0.3, -0.25) is 4.68 Å². The molecule has 0 aliphatic carbocycles. The van der Waals surface area contributed by atoms with Crippen LogP contribution in [0.5, 0.6) is 0 Å². The summed E-state index contributed by atoms with van der Waals surface area (Å²) in [5.74, 6) is 0. The second-order valence-corrected chi connectivity index (χ2v) is 5.12. The first-order valence-electron chi connectivity index (χ1n) is 7.07. The third-order valence-electron chi connectivity index (χ3n) is 3.37. The zero-order chi connectivity index (χ0) is 14.4. The van der Waals surface area contributed by atoms with Crippen molar-refractivity contribution in [3.63, 3.8) is 0 Å². The molecule has 5 heteroatoms. The van der Waals surface area contributed by atoms with Gasteiger partial charge in [0.05, 0.1) is 22.5 Å². The number of ether oxygens (including phenoxy) is 1. The van der Waals surface area contributed by atoms with E-state index < -0.39 is 0 Å². The summed E-state index contributed by atoms with van der Waals surface area (Å²) >= 11 is 6.33. The monoisotopic (exact) mass is 287 g/mol. The molecule has 1 aromatic rings. The lowest BCUT2D eigenvalue weighted by Gasteiger charge is -2.27. The molecule has 1 aromatic heterocycles. The summed E-state index contributed by atoms with van der Waals surface area (Å²) in [7, 11) is 1.94. The van der Waals surface area contributed by atoms with Crippen LogP contribution in [0.25, 0.3) is 0 Å². The average Bonchev–Trinajstić information content (AvgIpc) is 2.62. The van der Waals surface area contributed by atoms with Gasteiger partial charge < -0.3 is 10.1 Å². The average molecular weight is 288 g/mol. The lowest BCUT2D eigenvalue weighted by Crippen LogP contribution is -2.43. The third kappa shape index (κ3) is 4.20. The maximum atomic E-state index is 6.33. The van der Waals surface area contributed by atoms with Crippen LogP contribution in [0, 0.1) is 6.92 Å². The molecule has 1 heterocycles. The van der Waals surface area contributed by atoms with Gasteiger partial charge >= 0.3 is 0 Å². The first-order valence-corrected chi connectivity index (χ1v) is 7.45. The highest BCUT2D eigenvalue weighted by Gasteiger charge is 2.23. The minimum absolute atomic E-state index is 0.205. The first kappa shape index (κ1) is 16.5. The third-order valence-corrected chi connectivity index (χ3v) is 3.86. The molecule has 19 heavy (non-hydrogen) atoms. The Morgan fingerprint density at radius 2 is 2.05 bits per heavy atom. The van der Waals surface area contributed by atoms with E-state index in [2.05, 4.69) is 24.3 Å². The van der Waals surface area contributed by atoms with Crippen molar-refractivity contribution in [2.75, 3.05) is 13.2 Å². The maximum absolute atomic E-state index is 6.33. The lowest BCUT2D eigenvalue weighted by atomic mass is 10.0.